The molecule has 218 valence electrons. The van der Waals surface area contributed by atoms with Gasteiger partial charge in [0.05, 0.1) is 18.8 Å². The molecule has 4 aliphatic carbocycles. The van der Waals surface area contributed by atoms with E-state index in [9.17, 15) is 30.3 Å². The van der Waals surface area contributed by atoms with Crippen molar-refractivity contribution in [3.63, 3.8) is 0 Å². The minimum Gasteiger partial charge on any atom is -0.394 e. The normalized spacial score (nSPS) is 56.0. The molecule has 0 aromatic carbocycles. The van der Waals surface area contributed by atoms with Crippen LogP contribution in [0, 0.1) is 45.3 Å². The van der Waals surface area contributed by atoms with Gasteiger partial charge in [-0.25, -0.2) is 0 Å². The van der Waals surface area contributed by atoms with Crippen molar-refractivity contribution in [3.8, 4) is 0 Å². The largest absolute Gasteiger partial charge is 0.394 e. The Balaban J connectivity index is 1.40. The fourth-order valence-electron chi connectivity index (χ4n) is 10.8. The number of hydrogen-bond acceptors (Lipinski definition) is 8. The fraction of sp³-hybridized carbons (Fsp3) is 0.967. The van der Waals surface area contributed by atoms with Crippen molar-refractivity contribution in [2.75, 3.05) is 6.61 Å². The molecule has 0 amide bonds. The quantitative estimate of drug-likeness (QED) is 0.344. The molecule has 8 nitrogen and oxygen atoms in total. The Morgan fingerprint density at radius 2 is 1.53 bits per heavy atom. The Morgan fingerprint density at radius 3 is 2.16 bits per heavy atom. The Labute approximate surface area is 227 Å². The van der Waals surface area contributed by atoms with E-state index < -0.39 is 43.4 Å². The molecule has 8 heteroatoms. The highest BCUT2D eigenvalue weighted by Crippen LogP contribution is 2.75. The van der Waals surface area contributed by atoms with E-state index in [2.05, 4.69) is 34.6 Å². The first-order chi connectivity index (χ1) is 17.6. The third kappa shape index (κ3) is 3.84. The van der Waals surface area contributed by atoms with Gasteiger partial charge >= 0.3 is 0 Å². The fourth-order valence-corrected chi connectivity index (χ4v) is 10.8. The van der Waals surface area contributed by atoms with Crippen LogP contribution in [0.2, 0.25) is 0 Å². The Kier molecular flexibility index (Phi) is 7.20. The number of rotatable bonds is 4. The molecule has 38 heavy (non-hydrogen) atoms. The van der Waals surface area contributed by atoms with E-state index in [-0.39, 0.29) is 45.4 Å². The molecule has 0 bridgehead atoms. The van der Waals surface area contributed by atoms with Crippen LogP contribution in [-0.2, 0) is 14.3 Å². The van der Waals surface area contributed by atoms with Crippen LogP contribution < -0.4 is 0 Å². The SMILES string of the molecule is CC(=O)C1CCC2(C)C1C(O)CC1C3(C)CCC(OC4OC(CO)C(O)C(O)C4O)C(C)(C)C3CCC12C. The highest BCUT2D eigenvalue weighted by Gasteiger charge is 2.70. The third-order valence-corrected chi connectivity index (χ3v) is 13.0. The molecule has 5 fully saturated rings. The summed E-state index contributed by atoms with van der Waals surface area (Å²) >= 11 is 0. The van der Waals surface area contributed by atoms with Crippen LogP contribution in [0.15, 0.2) is 0 Å². The van der Waals surface area contributed by atoms with Crippen LogP contribution in [0.5, 0.6) is 0 Å². The summed E-state index contributed by atoms with van der Waals surface area (Å²) in [6.07, 6.45) is -0.818. The first kappa shape index (κ1) is 28.9. The minimum atomic E-state index is -1.46. The Hall–Kier alpha value is -0.610. The van der Waals surface area contributed by atoms with Crippen molar-refractivity contribution in [2.24, 2.45) is 45.3 Å². The smallest absolute Gasteiger partial charge is 0.186 e. The van der Waals surface area contributed by atoms with Crippen LogP contribution >= 0.6 is 0 Å². The number of aliphatic hydroxyl groups excluding tert-OH is 5. The van der Waals surface area contributed by atoms with E-state index in [1.165, 1.54) is 0 Å². The summed E-state index contributed by atoms with van der Waals surface area (Å²) in [4.78, 5) is 12.5. The van der Waals surface area contributed by atoms with Gasteiger partial charge in [-0.3, -0.25) is 4.79 Å². The molecule has 0 aromatic rings. The van der Waals surface area contributed by atoms with Crippen molar-refractivity contribution in [1.29, 1.82) is 0 Å². The summed E-state index contributed by atoms with van der Waals surface area (Å²) in [7, 11) is 0. The van der Waals surface area contributed by atoms with Gasteiger partial charge in [0, 0.05) is 11.8 Å². The van der Waals surface area contributed by atoms with Gasteiger partial charge in [0.1, 0.15) is 30.2 Å². The van der Waals surface area contributed by atoms with Gasteiger partial charge in [0.15, 0.2) is 6.29 Å². The zero-order chi connectivity index (χ0) is 28.0. The maximum atomic E-state index is 12.5. The molecular formula is C30H50O8. The van der Waals surface area contributed by atoms with Gasteiger partial charge in [-0.05, 0) is 85.4 Å². The van der Waals surface area contributed by atoms with Gasteiger partial charge in [0.25, 0.3) is 0 Å². The van der Waals surface area contributed by atoms with Crippen molar-refractivity contribution >= 4 is 5.78 Å². The Morgan fingerprint density at radius 1 is 0.868 bits per heavy atom. The van der Waals surface area contributed by atoms with Crippen LogP contribution in [0.1, 0.15) is 86.5 Å². The molecule has 0 spiro atoms. The third-order valence-electron chi connectivity index (χ3n) is 13.0. The first-order valence-corrected chi connectivity index (χ1v) is 14.8. The van der Waals surface area contributed by atoms with Gasteiger partial charge in [-0.2, -0.15) is 0 Å². The molecule has 1 aliphatic heterocycles. The highest BCUT2D eigenvalue weighted by molar-refractivity contribution is 5.79. The van der Waals surface area contributed by atoms with E-state index in [4.69, 9.17) is 9.47 Å². The minimum absolute atomic E-state index is 0.0188. The average Bonchev–Trinajstić information content (AvgIpc) is 3.22. The topological polar surface area (TPSA) is 137 Å². The molecule has 14 unspecified atom stereocenters. The lowest BCUT2D eigenvalue weighted by Crippen LogP contribution is -2.67. The van der Waals surface area contributed by atoms with Crippen LogP contribution in [-0.4, -0.2) is 80.8 Å². The van der Waals surface area contributed by atoms with E-state index in [0.717, 1.165) is 44.9 Å². The molecule has 0 aromatic heterocycles. The maximum Gasteiger partial charge on any atom is 0.186 e. The summed E-state index contributed by atoms with van der Waals surface area (Å²) in [5, 5.41) is 52.2. The van der Waals surface area contributed by atoms with E-state index in [1.807, 2.05) is 0 Å². The second kappa shape index (κ2) is 9.47. The summed E-state index contributed by atoms with van der Waals surface area (Å²) in [5.41, 5.74) is -0.330. The zero-order valence-electron chi connectivity index (χ0n) is 24.0. The van der Waals surface area contributed by atoms with E-state index >= 15 is 0 Å². The zero-order valence-corrected chi connectivity index (χ0v) is 24.0. The number of Topliss-reactive ketones (excluding diaryl/α,β-unsaturated/α-hetero) is 1. The van der Waals surface area contributed by atoms with Gasteiger partial charge in [-0.15, -0.1) is 0 Å². The molecular weight excluding hydrogens is 488 g/mol. The maximum absolute atomic E-state index is 12.5. The number of ketones is 1. The molecule has 5 N–H and O–H groups in total. The van der Waals surface area contributed by atoms with Crippen molar-refractivity contribution in [1.82, 2.24) is 0 Å². The van der Waals surface area contributed by atoms with Crippen molar-refractivity contribution in [2.45, 2.75) is 129 Å². The highest BCUT2D eigenvalue weighted by atomic mass is 16.7. The number of carbonyl (C=O) groups excluding carboxylic acids is 1. The van der Waals surface area contributed by atoms with Crippen LogP contribution in [0.25, 0.3) is 0 Å². The van der Waals surface area contributed by atoms with Crippen LogP contribution in [0.3, 0.4) is 0 Å². The first-order valence-electron chi connectivity index (χ1n) is 14.8. The Bertz CT molecular complexity index is 922. The van der Waals surface area contributed by atoms with Crippen LogP contribution in [0.4, 0.5) is 0 Å². The number of ether oxygens (including phenoxy) is 2. The molecule has 5 aliphatic rings. The van der Waals surface area contributed by atoms with Gasteiger partial charge < -0.3 is 35.0 Å². The van der Waals surface area contributed by atoms with E-state index in [0.29, 0.717) is 11.8 Å². The van der Waals surface area contributed by atoms with Gasteiger partial charge in [-0.1, -0.05) is 34.6 Å². The van der Waals surface area contributed by atoms with Crippen molar-refractivity contribution in [3.05, 3.63) is 0 Å². The monoisotopic (exact) mass is 538 g/mol. The van der Waals surface area contributed by atoms with Gasteiger partial charge in [0.2, 0.25) is 0 Å². The lowest BCUT2D eigenvalue weighted by Gasteiger charge is -2.70. The van der Waals surface area contributed by atoms with E-state index in [1.54, 1.807) is 6.92 Å². The lowest BCUT2D eigenvalue weighted by atomic mass is 9.35. The molecule has 1 saturated heterocycles. The predicted octanol–water partition coefficient (Wildman–Crippen LogP) is 2.42. The summed E-state index contributed by atoms with van der Waals surface area (Å²) in [5.74, 6) is 0.835. The predicted molar refractivity (Wildman–Crippen MR) is 140 cm³/mol. The lowest BCUT2D eigenvalue weighted by molar-refractivity contribution is -0.331. The molecule has 0 radical (unpaired) electrons. The number of carbonyl (C=O) groups is 1. The second-order valence-electron chi connectivity index (χ2n) is 14.8. The molecule has 4 saturated carbocycles. The number of hydrogen-bond donors (Lipinski definition) is 5. The molecule has 14 atom stereocenters. The second-order valence-corrected chi connectivity index (χ2v) is 14.8. The summed E-state index contributed by atoms with van der Waals surface area (Å²) in [6.45, 7) is 12.8. The molecule has 1 heterocycles. The number of aliphatic hydroxyl groups is 5. The summed E-state index contributed by atoms with van der Waals surface area (Å²) in [6, 6.07) is 0. The average molecular weight is 539 g/mol. The molecule has 5 rings (SSSR count). The summed E-state index contributed by atoms with van der Waals surface area (Å²) < 4.78 is 12.1. The number of fused-ring (bicyclic) bond motifs is 5. The standard InChI is InChI=1S/C30H50O8/c1-15(32)16-7-11-30(6)22(16)17(33)13-20-28(4)10-9-21(27(2,3)19(28)8-12-29(20,30)5)38-26-25(36)24(35)23(34)18(14-31)37-26/h16-26,31,33-36H,7-14H2,1-6H3. The van der Waals surface area contributed by atoms with Crippen molar-refractivity contribution < 1.29 is 39.8 Å².